The van der Waals surface area contributed by atoms with Gasteiger partial charge in [0.1, 0.15) is 5.69 Å². The molecule has 0 fully saturated rings. The topological polar surface area (TPSA) is 53.5 Å². The predicted octanol–water partition coefficient (Wildman–Crippen LogP) is 6.48. The van der Waals surface area contributed by atoms with Crippen molar-refractivity contribution in [2.45, 2.75) is 13.8 Å². The van der Waals surface area contributed by atoms with Crippen molar-refractivity contribution in [3.63, 3.8) is 0 Å². The molecule has 0 aliphatic carbocycles. The highest BCUT2D eigenvalue weighted by atomic mass is 35.5. The Morgan fingerprint density at radius 1 is 1.00 bits per heavy atom. The molecule has 3 rings (SSSR count). The van der Waals surface area contributed by atoms with Gasteiger partial charge in [-0.1, -0.05) is 34.8 Å². The first-order valence-electron chi connectivity index (χ1n) is 9.01. The van der Waals surface area contributed by atoms with Crippen LogP contribution in [0.25, 0.3) is 0 Å². The molecule has 1 heterocycles. The molecule has 0 saturated heterocycles. The van der Waals surface area contributed by atoms with Gasteiger partial charge in [-0.25, -0.2) is 4.98 Å². The fourth-order valence-corrected chi connectivity index (χ4v) is 4.22. The number of nitrogens with zero attached hydrogens (tertiary/aromatic N) is 3. The molecule has 0 unspecified atom stereocenters. The van der Waals surface area contributed by atoms with E-state index in [0.29, 0.717) is 38.0 Å². The lowest BCUT2D eigenvalue weighted by molar-refractivity contribution is 0.0796. The largest absolute Gasteiger partial charge is 0.341 e. The number of aromatic nitrogens is 1. The Bertz CT molecular complexity index is 1100. The summed E-state index contributed by atoms with van der Waals surface area (Å²) in [7, 11) is 1.70. The van der Waals surface area contributed by atoms with E-state index in [-0.39, 0.29) is 16.5 Å². The van der Waals surface area contributed by atoms with E-state index in [9.17, 15) is 9.59 Å². The highest BCUT2D eigenvalue weighted by Crippen LogP contribution is 2.35. The molecule has 2 aromatic carbocycles. The standard InChI is InChI=1S/C21H18Cl3N3O2S/c1-4-26(3)20(29)18-12(2)30-21(25-18)27(15-8-5-13(22)6-9-15)19(28)16-10-7-14(23)11-17(16)24/h5-11H,4H2,1-3H3. The normalized spacial score (nSPS) is 10.7. The summed E-state index contributed by atoms with van der Waals surface area (Å²) in [6.45, 7) is 4.23. The molecular weight excluding hydrogens is 465 g/mol. The number of thiazole rings is 1. The fourth-order valence-electron chi connectivity index (χ4n) is 2.69. The first-order chi connectivity index (χ1) is 14.2. The average Bonchev–Trinajstić information content (AvgIpc) is 3.09. The minimum absolute atomic E-state index is 0.203. The van der Waals surface area contributed by atoms with Crippen LogP contribution < -0.4 is 4.90 Å². The maximum Gasteiger partial charge on any atom is 0.273 e. The highest BCUT2D eigenvalue weighted by molar-refractivity contribution is 7.16. The van der Waals surface area contributed by atoms with Gasteiger partial charge in [0.2, 0.25) is 0 Å². The number of carbonyl (C=O) groups excluding carboxylic acids is 2. The van der Waals surface area contributed by atoms with E-state index in [4.69, 9.17) is 34.8 Å². The quantitative estimate of drug-likeness (QED) is 0.418. The minimum Gasteiger partial charge on any atom is -0.341 e. The maximum absolute atomic E-state index is 13.5. The summed E-state index contributed by atoms with van der Waals surface area (Å²) in [5.74, 6) is -0.596. The maximum atomic E-state index is 13.5. The average molecular weight is 483 g/mol. The summed E-state index contributed by atoms with van der Waals surface area (Å²) in [6, 6.07) is 11.4. The molecule has 0 atom stereocenters. The van der Waals surface area contributed by atoms with Gasteiger partial charge in [-0.2, -0.15) is 0 Å². The van der Waals surface area contributed by atoms with Gasteiger partial charge in [-0.15, -0.1) is 11.3 Å². The summed E-state index contributed by atoms with van der Waals surface area (Å²) in [5.41, 5.74) is 1.13. The van der Waals surface area contributed by atoms with Gasteiger partial charge < -0.3 is 4.90 Å². The van der Waals surface area contributed by atoms with Crippen molar-refractivity contribution in [3.8, 4) is 0 Å². The number of hydrogen-bond acceptors (Lipinski definition) is 4. The van der Waals surface area contributed by atoms with Gasteiger partial charge in [0, 0.05) is 28.5 Å². The van der Waals surface area contributed by atoms with Crippen LogP contribution >= 0.6 is 46.1 Å². The highest BCUT2D eigenvalue weighted by Gasteiger charge is 2.27. The van der Waals surface area contributed by atoms with E-state index in [2.05, 4.69) is 4.98 Å². The van der Waals surface area contributed by atoms with Crippen LogP contribution in [0.5, 0.6) is 0 Å². The molecule has 0 spiro atoms. The monoisotopic (exact) mass is 481 g/mol. The summed E-state index contributed by atoms with van der Waals surface area (Å²) >= 11 is 19.5. The lowest BCUT2D eigenvalue weighted by Gasteiger charge is -2.21. The number of benzene rings is 2. The van der Waals surface area contributed by atoms with E-state index in [1.807, 2.05) is 6.92 Å². The van der Waals surface area contributed by atoms with E-state index in [1.165, 1.54) is 22.3 Å². The summed E-state index contributed by atoms with van der Waals surface area (Å²) in [6.07, 6.45) is 0. The number of halogens is 3. The smallest absolute Gasteiger partial charge is 0.273 e. The molecule has 1 aromatic heterocycles. The van der Waals surface area contributed by atoms with Crippen LogP contribution in [-0.2, 0) is 0 Å². The van der Waals surface area contributed by atoms with E-state index >= 15 is 0 Å². The summed E-state index contributed by atoms with van der Waals surface area (Å²) < 4.78 is 0. The Morgan fingerprint density at radius 3 is 2.23 bits per heavy atom. The molecule has 5 nitrogen and oxygen atoms in total. The van der Waals surface area contributed by atoms with Crippen LogP contribution in [0.3, 0.4) is 0 Å². The molecule has 3 aromatic rings. The molecule has 9 heteroatoms. The second-order valence-electron chi connectivity index (χ2n) is 6.46. The van der Waals surface area contributed by atoms with Crippen LogP contribution in [0.15, 0.2) is 42.5 Å². The Kier molecular flexibility index (Phi) is 7.03. The van der Waals surface area contributed by atoms with Crippen molar-refractivity contribution in [2.75, 3.05) is 18.5 Å². The number of aryl methyl sites for hydroxylation is 1. The van der Waals surface area contributed by atoms with Crippen LogP contribution in [-0.4, -0.2) is 35.3 Å². The number of hydrogen-bond donors (Lipinski definition) is 0. The summed E-state index contributed by atoms with van der Waals surface area (Å²) in [4.78, 5) is 34.3. The number of rotatable bonds is 5. The lowest BCUT2D eigenvalue weighted by atomic mass is 10.2. The Labute approximate surface area is 193 Å². The van der Waals surface area contributed by atoms with Crippen molar-refractivity contribution < 1.29 is 9.59 Å². The zero-order valence-electron chi connectivity index (χ0n) is 16.4. The lowest BCUT2D eigenvalue weighted by Crippen LogP contribution is -2.28. The number of carbonyl (C=O) groups is 2. The third-order valence-electron chi connectivity index (χ3n) is 4.45. The number of anilines is 2. The first-order valence-corrected chi connectivity index (χ1v) is 11.0. The van der Waals surface area contributed by atoms with Crippen molar-refractivity contribution in [1.82, 2.24) is 9.88 Å². The molecule has 0 bridgehead atoms. The zero-order chi connectivity index (χ0) is 22.0. The molecule has 2 amide bonds. The van der Waals surface area contributed by atoms with Crippen molar-refractivity contribution in [2.24, 2.45) is 0 Å². The van der Waals surface area contributed by atoms with Crippen molar-refractivity contribution in [1.29, 1.82) is 0 Å². The van der Waals surface area contributed by atoms with Gasteiger partial charge in [0.05, 0.1) is 16.3 Å². The molecule has 0 saturated carbocycles. The molecule has 30 heavy (non-hydrogen) atoms. The SMILES string of the molecule is CCN(C)C(=O)c1nc(N(C(=O)c2ccc(Cl)cc2Cl)c2ccc(Cl)cc2)sc1C. The molecule has 0 aliphatic heterocycles. The second-order valence-corrected chi connectivity index (χ2v) is 8.92. The van der Waals surface area contributed by atoms with Crippen LogP contribution in [0.1, 0.15) is 32.6 Å². The van der Waals surface area contributed by atoms with E-state index in [0.717, 1.165) is 0 Å². The molecule has 0 N–H and O–H groups in total. The Hall–Kier alpha value is -2.12. The van der Waals surface area contributed by atoms with E-state index < -0.39 is 5.91 Å². The zero-order valence-corrected chi connectivity index (χ0v) is 19.5. The predicted molar refractivity (Wildman–Crippen MR) is 124 cm³/mol. The Balaban J connectivity index is 2.12. The van der Waals surface area contributed by atoms with Gasteiger partial charge in [0.15, 0.2) is 5.13 Å². The van der Waals surface area contributed by atoms with Gasteiger partial charge in [-0.3, -0.25) is 14.5 Å². The molecular formula is C21H18Cl3N3O2S. The van der Waals surface area contributed by atoms with Crippen LogP contribution in [0, 0.1) is 6.92 Å². The van der Waals surface area contributed by atoms with Gasteiger partial charge in [0.25, 0.3) is 11.8 Å². The third-order valence-corrected chi connectivity index (χ3v) is 6.21. The Morgan fingerprint density at radius 2 is 1.63 bits per heavy atom. The number of amides is 2. The van der Waals surface area contributed by atoms with E-state index in [1.54, 1.807) is 55.3 Å². The van der Waals surface area contributed by atoms with Crippen LogP contribution in [0.2, 0.25) is 15.1 Å². The molecule has 0 aliphatic rings. The first kappa shape index (κ1) is 22.6. The minimum atomic E-state index is -0.393. The molecule has 156 valence electrons. The third kappa shape index (κ3) is 4.62. The van der Waals surface area contributed by atoms with Crippen molar-refractivity contribution >= 4 is 68.8 Å². The van der Waals surface area contributed by atoms with Crippen molar-refractivity contribution in [3.05, 3.63) is 73.7 Å². The van der Waals surface area contributed by atoms with Crippen LogP contribution in [0.4, 0.5) is 10.8 Å². The fraction of sp³-hybridized carbons (Fsp3) is 0.190. The summed E-state index contributed by atoms with van der Waals surface area (Å²) in [5, 5.41) is 1.54. The second kappa shape index (κ2) is 9.35. The molecule has 0 radical (unpaired) electrons. The van der Waals surface area contributed by atoms with Gasteiger partial charge >= 0.3 is 0 Å². The van der Waals surface area contributed by atoms with Gasteiger partial charge in [-0.05, 0) is 56.3 Å².